The molecule has 0 aromatic heterocycles. The van der Waals surface area contributed by atoms with Gasteiger partial charge in [-0.25, -0.2) is 0 Å². The number of amides is 2. The van der Waals surface area contributed by atoms with Crippen molar-refractivity contribution in [1.82, 2.24) is 10.2 Å². The Morgan fingerprint density at radius 2 is 1.75 bits per heavy atom. The van der Waals surface area contributed by atoms with Gasteiger partial charge in [0.05, 0.1) is 0 Å². The molecular formula is C23H21N3O2. The van der Waals surface area contributed by atoms with Gasteiger partial charge >= 0.3 is 0 Å². The molecule has 0 unspecified atom stereocenters. The summed E-state index contributed by atoms with van der Waals surface area (Å²) in [6, 6.07) is 19.6. The number of rotatable bonds is 4. The maximum atomic E-state index is 12.7. The zero-order chi connectivity index (χ0) is 19.6. The number of fused-ring (bicyclic) bond motifs is 1. The Hall–Kier alpha value is -3.47. The normalized spacial score (nSPS) is 24.1. The fourth-order valence-corrected chi connectivity index (χ4v) is 3.51. The summed E-state index contributed by atoms with van der Waals surface area (Å²) in [5.74, 6) is -1.14. The van der Waals surface area contributed by atoms with Crippen LogP contribution in [0.3, 0.4) is 0 Å². The van der Waals surface area contributed by atoms with Gasteiger partial charge in [0.25, 0.3) is 11.8 Å². The van der Waals surface area contributed by atoms with Crippen LogP contribution >= 0.6 is 0 Å². The molecule has 2 aromatic carbocycles. The van der Waals surface area contributed by atoms with E-state index in [1.54, 1.807) is 13.1 Å². The molecule has 2 atom stereocenters. The highest BCUT2D eigenvalue weighted by molar-refractivity contribution is 6.12. The second-order valence-corrected chi connectivity index (χ2v) is 7.16. The van der Waals surface area contributed by atoms with Crippen molar-refractivity contribution in [3.8, 4) is 0 Å². The van der Waals surface area contributed by atoms with Crippen LogP contribution in [0.4, 0.5) is 0 Å². The lowest BCUT2D eigenvalue weighted by Gasteiger charge is -2.39. The molecule has 0 saturated carbocycles. The summed E-state index contributed by atoms with van der Waals surface area (Å²) in [5.41, 5.74) is 1.51. The van der Waals surface area contributed by atoms with E-state index >= 15 is 0 Å². The van der Waals surface area contributed by atoms with Crippen molar-refractivity contribution in [2.75, 3.05) is 0 Å². The summed E-state index contributed by atoms with van der Waals surface area (Å²) in [5, 5.41) is 2.47. The quantitative estimate of drug-likeness (QED) is 0.664. The van der Waals surface area contributed by atoms with Gasteiger partial charge in [0.2, 0.25) is 0 Å². The Labute approximate surface area is 164 Å². The number of benzene rings is 2. The van der Waals surface area contributed by atoms with Crippen LogP contribution in [0.2, 0.25) is 0 Å². The van der Waals surface area contributed by atoms with Crippen molar-refractivity contribution in [2.45, 2.75) is 19.0 Å². The Kier molecular flexibility index (Phi) is 4.65. The maximum Gasteiger partial charge on any atom is 0.256 e. The van der Waals surface area contributed by atoms with Gasteiger partial charge in [-0.3, -0.25) is 19.9 Å². The smallest absolute Gasteiger partial charge is 0.256 e. The zero-order valence-corrected chi connectivity index (χ0v) is 15.6. The molecule has 1 saturated heterocycles. The van der Waals surface area contributed by atoms with E-state index in [0.29, 0.717) is 12.1 Å². The Morgan fingerprint density at radius 3 is 2.46 bits per heavy atom. The van der Waals surface area contributed by atoms with Crippen LogP contribution in [0.5, 0.6) is 0 Å². The first-order chi connectivity index (χ1) is 13.6. The van der Waals surface area contributed by atoms with E-state index in [4.69, 9.17) is 0 Å². The Bertz CT molecular complexity index is 979. The third-order valence-corrected chi connectivity index (χ3v) is 5.15. The minimum Gasteiger partial charge on any atom is -0.350 e. The fourth-order valence-electron chi connectivity index (χ4n) is 3.51. The van der Waals surface area contributed by atoms with E-state index in [2.05, 4.69) is 10.3 Å². The van der Waals surface area contributed by atoms with Crippen LogP contribution in [-0.2, 0) is 16.1 Å². The number of imide groups is 1. The predicted octanol–water partition coefficient (Wildman–Crippen LogP) is 3.05. The third kappa shape index (κ3) is 3.39. The average molecular weight is 371 g/mol. The van der Waals surface area contributed by atoms with Crippen LogP contribution < -0.4 is 5.32 Å². The van der Waals surface area contributed by atoms with Gasteiger partial charge in [0, 0.05) is 36.7 Å². The highest BCUT2D eigenvalue weighted by Crippen LogP contribution is 2.36. The second-order valence-electron chi connectivity index (χ2n) is 7.16. The summed E-state index contributed by atoms with van der Waals surface area (Å²) < 4.78 is 0. The first-order valence-electron chi connectivity index (χ1n) is 9.22. The monoisotopic (exact) mass is 371 g/mol. The summed E-state index contributed by atoms with van der Waals surface area (Å²) >= 11 is 0. The van der Waals surface area contributed by atoms with E-state index < -0.39 is 11.5 Å². The van der Waals surface area contributed by atoms with E-state index in [1.807, 2.05) is 84.0 Å². The van der Waals surface area contributed by atoms with E-state index in [1.165, 1.54) is 0 Å². The number of nitrogens with zero attached hydrogens (tertiary/aromatic N) is 2. The standard InChI is InChI=1S/C23H21N3O2/c1-23(24-14-17-8-4-2-5-9-17)20-12-13-26(15-18-10-6-3-7-11-18)16-19(20)21(27)25-22(23)28/h2-14,16,20H,15H2,1H3,(H,25,27,28)/t20-,23-/m0/s1. The number of piperidine rings is 1. The zero-order valence-electron chi connectivity index (χ0n) is 15.6. The number of carbonyl (C=O) groups is 2. The molecule has 140 valence electrons. The predicted molar refractivity (Wildman–Crippen MR) is 108 cm³/mol. The van der Waals surface area contributed by atoms with Gasteiger partial charge in [-0.1, -0.05) is 66.7 Å². The van der Waals surface area contributed by atoms with Gasteiger partial charge in [-0.2, -0.15) is 0 Å². The average Bonchev–Trinajstić information content (AvgIpc) is 2.72. The number of hydrogen-bond donors (Lipinski definition) is 1. The number of carbonyl (C=O) groups excluding carboxylic acids is 2. The molecule has 0 radical (unpaired) electrons. The fraction of sp³-hybridized carbons (Fsp3) is 0.174. The lowest BCUT2D eigenvalue weighted by molar-refractivity contribution is -0.135. The van der Waals surface area contributed by atoms with Crippen molar-refractivity contribution in [3.05, 3.63) is 95.8 Å². The summed E-state index contributed by atoms with van der Waals surface area (Å²) in [6.07, 6.45) is 7.33. The summed E-state index contributed by atoms with van der Waals surface area (Å²) in [7, 11) is 0. The minimum absolute atomic E-state index is 0.357. The van der Waals surface area contributed by atoms with Crippen LogP contribution in [0.1, 0.15) is 18.1 Å². The van der Waals surface area contributed by atoms with Crippen molar-refractivity contribution >= 4 is 18.0 Å². The first kappa shape index (κ1) is 17.9. The maximum absolute atomic E-state index is 12.7. The molecule has 0 aliphatic carbocycles. The largest absolute Gasteiger partial charge is 0.350 e. The molecule has 28 heavy (non-hydrogen) atoms. The lowest BCUT2D eigenvalue weighted by atomic mass is 9.76. The van der Waals surface area contributed by atoms with Gasteiger partial charge in [0.1, 0.15) is 5.54 Å². The van der Waals surface area contributed by atoms with Gasteiger partial charge in [-0.05, 0) is 18.1 Å². The minimum atomic E-state index is -1.08. The van der Waals surface area contributed by atoms with Crippen LogP contribution in [-0.4, -0.2) is 28.5 Å². The van der Waals surface area contributed by atoms with Gasteiger partial charge in [-0.15, -0.1) is 0 Å². The molecule has 5 heteroatoms. The topological polar surface area (TPSA) is 61.8 Å². The molecule has 2 aliphatic heterocycles. The molecule has 2 heterocycles. The number of nitrogens with one attached hydrogen (secondary N) is 1. The third-order valence-electron chi connectivity index (χ3n) is 5.15. The Morgan fingerprint density at radius 1 is 1.07 bits per heavy atom. The van der Waals surface area contributed by atoms with Crippen LogP contribution in [0.15, 0.2) is 89.7 Å². The Balaban J connectivity index is 1.62. The van der Waals surface area contributed by atoms with Gasteiger partial charge < -0.3 is 4.90 Å². The highest BCUT2D eigenvalue weighted by atomic mass is 16.2. The molecule has 1 fully saturated rings. The summed E-state index contributed by atoms with van der Waals surface area (Å²) in [4.78, 5) is 31.7. The van der Waals surface area contributed by atoms with E-state index in [-0.39, 0.29) is 11.8 Å². The molecule has 5 nitrogen and oxygen atoms in total. The van der Waals surface area contributed by atoms with E-state index in [9.17, 15) is 9.59 Å². The molecular weight excluding hydrogens is 350 g/mol. The molecule has 0 bridgehead atoms. The van der Waals surface area contributed by atoms with Crippen molar-refractivity contribution in [2.24, 2.45) is 10.9 Å². The molecule has 2 aromatic rings. The van der Waals surface area contributed by atoms with Crippen LogP contribution in [0.25, 0.3) is 0 Å². The van der Waals surface area contributed by atoms with Crippen molar-refractivity contribution in [1.29, 1.82) is 0 Å². The molecule has 2 aliphatic rings. The van der Waals surface area contributed by atoms with Gasteiger partial charge in [0.15, 0.2) is 0 Å². The first-order valence-corrected chi connectivity index (χ1v) is 9.22. The molecule has 1 N–H and O–H groups in total. The highest BCUT2D eigenvalue weighted by Gasteiger charge is 2.49. The van der Waals surface area contributed by atoms with E-state index in [0.717, 1.165) is 11.1 Å². The van der Waals surface area contributed by atoms with Crippen molar-refractivity contribution in [3.63, 3.8) is 0 Å². The second kappa shape index (κ2) is 7.27. The summed E-state index contributed by atoms with van der Waals surface area (Å²) in [6.45, 7) is 2.42. The SMILES string of the molecule is C[C@@]1(N=Cc2ccccc2)C(=O)NC(=O)C2=CN(Cc3ccccc3)C=C[C@@H]21. The lowest BCUT2D eigenvalue weighted by Crippen LogP contribution is -2.57. The molecule has 0 spiro atoms. The van der Waals surface area contributed by atoms with Crippen molar-refractivity contribution < 1.29 is 9.59 Å². The number of hydrogen-bond acceptors (Lipinski definition) is 4. The van der Waals surface area contributed by atoms with Crippen LogP contribution in [0, 0.1) is 5.92 Å². The number of aliphatic imine (C=N–C) groups is 1. The molecule has 4 rings (SSSR count). The molecule has 2 amide bonds.